The van der Waals surface area contributed by atoms with Gasteiger partial charge in [-0.05, 0) is 25.0 Å². The summed E-state index contributed by atoms with van der Waals surface area (Å²) in [4.78, 5) is 11.9. The average Bonchev–Trinajstić information content (AvgIpc) is 2.95. The topological polar surface area (TPSA) is 80.5 Å². The van der Waals surface area contributed by atoms with Crippen molar-refractivity contribution in [3.8, 4) is 0 Å². The highest BCUT2D eigenvalue weighted by atomic mass is 35.5. The van der Waals surface area contributed by atoms with Crippen molar-refractivity contribution >= 4 is 28.2 Å². The number of sulfonamides is 1. The first-order valence-electron chi connectivity index (χ1n) is 6.86. The van der Waals surface area contributed by atoms with Crippen LogP contribution in [0.4, 0.5) is 0 Å². The van der Waals surface area contributed by atoms with E-state index in [-0.39, 0.29) is 29.1 Å². The minimum absolute atomic E-state index is 0. The van der Waals surface area contributed by atoms with Crippen LogP contribution in [-0.2, 0) is 10.0 Å². The molecule has 1 aliphatic heterocycles. The highest BCUT2D eigenvalue weighted by Crippen LogP contribution is 2.26. The van der Waals surface area contributed by atoms with E-state index in [2.05, 4.69) is 0 Å². The zero-order valence-electron chi connectivity index (χ0n) is 12.0. The smallest absolute Gasteiger partial charge is 0.243 e. The minimum atomic E-state index is -3.56. The number of rotatable bonds is 5. The summed E-state index contributed by atoms with van der Waals surface area (Å²) in [6.45, 7) is 2.58. The monoisotopic (exact) mass is 332 g/mol. The van der Waals surface area contributed by atoms with Crippen molar-refractivity contribution in [2.24, 2.45) is 5.73 Å². The molecular weight excluding hydrogens is 312 g/mol. The molecule has 1 atom stereocenters. The van der Waals surface area contributed by atoms with E-state index in [9.17, 15) is 13.2 Å². The average molecular weight is 333 g/mol. The molecule has 1 unspecified atom stereocenters. The predicted molar refractivity (Wildman–Crippen MR) is 84.3 cm³/mol. The van der Waals surface area contributed by atoms with Crippen LogP contribution in [0.15, 0.2) is 29.2 Å². The van der Waals surface area contributed by atoms with E-state index in [0.29, 0.717) is 25.1 Å². The van der Waals surface area contributed by atoms with Crippen LogP contribution in [0.3, 0.4) is 0 Å². The van der Waals surface area contributed by atoms with Crippen molar-refractivity contribution in [2.45, 2.75) is 37.1 Å². The fourth-order valence-corrected chi connectivity index (χ4v) is 4.28. The quantitative estimate of drug-likeness (QED) is 0.834. The number of nitrogens with two attached hydrogens (primary N) is 1. The Bertz CT molecular complexity index is 604. The van der Waals surface area contributed by atoms with E-state index in [4.69, 9.17) is 5.73 Å². The number of carbonyl (C=O) groups is 1. The zero-order chi connectivity index (χ0) is 14.8. The number of hydrogen-bond acceptors (Lipinski definition) is 4. The largest absolute Gasteiger partial charge is 0.329 e. The van der Waals surface area contributed by atoms with Gasteiger partial charge in [-0.2, -0.15) is 4.31 Å². The molecule has 0 aliphatic carbocycles. The Morgan fingerprint density at radius 2 is 2.14 bits per heavy atom. The van der Waals surface area contributed by atoms with Gasteiger partial charge in [0, 0.05) is 31.1 Å². The molecule has 5 nitrogen and oxygen atoms in total. The van der Waals surface area contributed by atoms with E-state index in [0.717, 1.165) is 12.8 Å². The molecule has 7 heteroatoms. The van der Waals surface area contributed by atoms with E-state index in [1.807, 2.05) is 0 Å². The van der Waals surface area contributed by atoms with Gasteiger partial charge in [0.05, 0.1) is 4.90 Å². The first-order valence-corrected chi connectivity index (χ1v) is 8.30. The molecule has 0 bridgehead atoms. The normalized spacial score (nSPS) is 19.2. The van der Waals surface area contributed by atoms with Gasteiger partial charge in [0.1, 0.15) is 0 Å². The molecule has 0 amide bonds. The third-order valence-corrected chi connectivity index (χ3v) is 5.63. The summed E-state index contributed by atoms with van der Waals surface area (Å²) in [6.07, 6.45) is 1.98. The number of carbonyl (C=O) groups excluding carboxylic acids is 1. The standard InChI is InChI=1S/C14H20N2O3S.ClH/c1-2-14(17)11-5-3-7-13(9-11)20(18,19)16-8-4-6-12(16)10-15;/h3,5,7,9,12H,2,4,6,8,10,15H2,1H3;1H. The minimum Gasteiger partial charge on any atom is -0.329 e. The third kappa shape index (κ3) is 3.63. The van der Waals surface area contributed by atoms with Crippen LogP contribution in [0.25, 0.3) is 0 Å². The van der Waals surface area contributed by atoms with Crippen LogP contribution in [0.2, 0.25) is 0 Å². The Balaban J connectivity index is 0.00000220. The second-order valence-electron chi connectivity index (χ2n) is 4.95. The lowest BCUT2D eigenvalue weighted by Gasteiger charge is -2.23. The first kappa shape index (κ1) is 18.1. The highest BCUT2D eigenvalue weighted by molar-refractivity contribution is 7.89. The summed E-state index contributed by atoms with van der Waals surface area (Å²) >= 11 is 0. The molecule has 0 saturated carbocycles. The molecule has 1 saturated heterocycles. The molecular formula is C14H21ClN2O3S. The molecule has 1 aromatic rings. The van der Waals surface area contributed by atoms with Gasteiger partial charge >= 0.3 is 0 Å². The SMILES string of the molecule is CCC(=O)c1cccc(S(=O)(=O)N2CCCC2CN)c1.Cl. The lowest BCUT2D eigenvalue weighted by molar-refractivity contribution is 0.0988. The van der Waals surface area contributed by atoms with Gasteiger partial charge < -0.3 is 5.73 Å². The molecule has 1 aromatic carbocycles. The summed E-state index contributed by atoms with van der Waals surface area (Å²) in [5.74, 6) is -0.0566. The maximum atomic E-state index is 12.6. The van der Waals surface area contributed by atoms with E-state index < -0.39 is 10.0 Å². The lowest BCUT2D eigenvalue weighted by atomic mass is 10.1. The Morgan fingerprint density at radius 3 is 2.76 bits per heavy atom. The van der Waals surface area contributed by atoms with Gasteiger partial charge in [0.25, 0.3) is 0 Å². The van der Waals surface area contributed by atoms with Gasteiger partial charge in [-0.3, -0.25) is 4.79 Å². The molecule has 1 aliphatic rings. The molecule has 118 valence electrons. The van der Waals surface area contributed by atoms with Gasteiger partial charge in [-0.1, -0.05) is 19.1 Å². The maximum Gasteiger partial charge on any atom is 0.243 e. The molecule has 1 heterocycles. The van der Waals surface area contributed by atoms with Crippen molar-refractivity contribution in [1.29, 1.82) is 0 Å². The van der Waals surface area contributed by atoms with Crippen LogP contribution < -0.4 is 5.73 Å². The van der Waals surface area contributed by atoms with Crippen molar-refractivity contribution in [2.75, 3.05) is 13.1 Å². The van der Waals surface area contributed by atoms with Crippen LogP contribution in [0.1, 0.15) is 36.5 Å². The fourth-order valence-electron chi connectivity index (χ4n) is 2.53. The number of hydrogen-bond donors (Lipinski definition) is 1. The van der Waals surface area contributed by atoms with Crippen LogP contribution in [-0.4, -0.2) is 37.6 Å². The third-order valence-electron chi connectivity index (χ3n) is 3.68. The summed E-state index contributed by atoms with van der Waals surface area (Å²) < 4.78 is 26.7. The van der Waals surface area contributed by atoms with E-state index in [1.54, 1.807) is 19.1 Å². The summed E-state index contributed by atoms with van der Waals surface area (Å²) in [6, 6.07) is 6.13. The fraction of sp³-hybridized carbons (Fsp3) is 0.500. The van der Waals surface area contributed by atoms with Crippen molar-refractivity contribution in [3.05, 3.63) is 29.8 Å². The van der Waals surface area contributed by atoms with E-state index in [1.165, 1.54) is 16.4 Å². The molecule has 0 spiro atoms. The number of halogens is 1. The van der Waals surface area contributed by atoms with Gasteiger partial charge in [-0.25, -0.2) is 8.42 Å². The van der Waals surface area contributed by atoms with Gasteiger partial charge in [0.2, 0.25) is 10.0 Å². The molecule has 2 N–H and O–H groups in total. The number of ketones is 1. The van der Waals surface area contributed by atoms with Crippen LogP contribution in [0, 0.1) is 0 Å². The molecule has 21 heavy (non-hydrogen) atoms. The van der Waals surface area contributed by atoms with Crippen molar-refractivity contribution in [1.82, 2.24) is 4.31 Å². The van der Waals surface area contributed by atoms with Gasteiger partial charge in [-0.15, -0.1) is 12.4 Å². The molecule has 1 fully saturated rings. The van der Waals surface area contributed by atoms with Crippen LogP contribution >= 0.6 is 12.4 Å². The Morgan fingerprint density at radius 1 is 1.43 bits per heavy atom. The summed E-state index contributed by atoms with van der Waals surface area (Å²) in [7, 11) is -3.56. The lowest BCUT2D eigenvalue weighted by Crippen LogP contribution is -2.39. The molecule has 2 rings (SSSR count). The molecule has 0 aromatic heterocycles. The predicted octanol–water partition coefficient (Wildman–Crippen LogP) is 1.81. The zero-order valence-corrected chi connectivity index (χ0v) is 13.6. The van der Waals surface area contributed by atoms with Crippen molar-refractivity contribution in [3.63, 3.8) is 0 Å². The Hall–Kier alpha value is -0.950. The van der Waals surface area contributed by atoms with E-state index >= 15 is 0 Å². The number of Topliss-reactive ketones (excluding diaryl/α,β-unsaturated/α-hetero) is 1. The van der Waals surface area contributed by atoms with Gasteiger partial charge in [0.15, 0.2) is 5.78 Å². The summed E-state index contributed by atoms with van der Waals surface area (Å²) in [5, 5.41) is 0. The molecule has 0 radical (unpaired) electrons. The second kappa shape index (κ2) is 7.35. The van der Waals surface area contributed by atoms with Crippen molar-refractivity contribution < 1.29 is 13.2 Å². The number of nitrogens with zero attached hydrogens (tertiary/aromatic N) is 1. The second-order valence-corrected chi connectivity index (χ2v) is 6.84. The van der Waals surface area contributed by atoms with Crippen LogP contribution in [0.5, 0.6) is 0 Å². The maximum absolute atomic E-state index is 12.6. The Labute approximate surface area is 132 Å². The first-order chi connectivity index (χ1) is 9.50. The number of benzene rings is 1. The Kier molecular flexibility index (Phi) is 6.34. The highest BCUT2D eigenvalue weighted by Gasteiger charge is 2.34. The summed E-state index contributed by atoms with van der Waals surface area (Å²) in [5.41, 5.74) is 6.08.